The summed E-state index contributed by atoms with van der Waals surface area (Å²) in [7, 11) is 0. The molecule has 6 nitrogen and oxygen atoms in total. The SMILES string of the molecule is Cc1ccc(F)c(NCC2CCC(=O)N2CCSc2nc(C(=O)O)cs2)c1. The van der Waals surface area contributed by atoms with Crippen molar-refractivity contribution in [3.05, 3.63) is 40.7 Å². The average molecular weight is 410 g/mol. The van der Waals surface area contributed by atoms with E-state index in [0.717, 1.165) is 12.0 Å². The van der Waals surface area contributed by atoms with Crippen LogP contribution < -0.4 is 5.32 Å². The summed E-state index contributed by atoms with van der Waals surface area (Å²) in [6.07, 6.45) is 1.23. The number of aromatic nitrogens is 1. The molecule has 3 rings (SSSR count). The summed E-state index contributed by atoms with van der Waals surface area (Å²) in [6, 6.07) is 4.93. The van der Waals surface area contributed by atoms with Gasteiger partial charge in [-0.05, 0) is 31.0 Å². The van der Waals surface area contributed by atoms with Gasteiger partial charge in [0.25, 0.3) is 0 Å². The van der Waals surface area contributed by atoms with E-state index >= 15 is 0 Å². The zero-order chi connectivity index (χ0) is 19.4. The molecule has 1 aliphatic heterocycles. The van der Waals surface area contributed by atoms with E-state index in [1.54, 1.807) is 12.1 Å². The first-order valence-corrected chi connectivity index (χ1v) is 10.4. The molecule has 1 saturated heterocycles. The van der Waals surface area contributed by atoms with Gasteiger partial charge in [-0.15, -0.1) is 11.3 Å². The van der Waals surface area contributed by atoms with E-state index in [9.17, 15) is 14.0 Å². The minimum absolute atomic E-state index is 0.0175. The second-order valence-electron chi connectivity index (χ2n) is 6.30. The van der Waals surface area contributed by atoms with Crippen molar-refractivity contribution < 1.29 is 19.1 Å². The number of carboxylic acid groups (broad SMARTS) is 1. The van der Waals surface area contributed by atoms with Crippen molar-refractivity contribution in [2.24, 2.45) is 0 Å². The molecule has 144 valence electrons. The molecule has 0 spiro atoms. The number of thioether (sulfide) groups is 1. The van der Waals surface area contributed by atoms with E-state index in [1.807, 2.05) is 11.8 Å². The lowest BCUT2D eigenvalue weighted by Gasteiger charge is -2.25. The maximum Gasteiger partial charge on any atom is 0.355 e. The Labute approximate surface area is 164 Å². The van der Waals surface area contributed by atoms with Crippen molar-refractivity contribution in [1.82, 2.24) is 9.88 Å². The highest BCUT2D eigenvalue weighted by Gasteiger charge is 2.30. The molecule has 0 bridgehead atoms. The van der Waals surface area contributed by atoms with Gasteiger partial charge in [-0.3, -0.25) is 4.79 Å². The molecule has 27 heavy (non-hydrogen) atoms. The molecule has 0 saturated carbocycles. The Morgan fingerprint density at radius 1 is 1.52 bits per heavy atom. The van der Waals surface area contributed by atoms with Crippen LogP contribution in [0.15, 0.2) is 27.9 Å². The molecule has 1 aromatic heterocycles. The Balaban J connectivity index is 1.52. The predicted octanol–water partition coefficient (Wildman–Crippen LogP) is 3.48. The van der Waals surface area contributed by atoms with E-state index in [0.29, 0.717) is 35.3 Å². The number of benzene rings is 1. The molecule has 1 unspecified atom stereocenters. The van der Waals surface area contributed by atoms with Gasteiger partial charge < -0.3 is 15.3 Å². The zero-order valence-electron chi connectivity index (χ0n) is 14.8. The van der Waals surface area contributed by atoms with Crippen LogP contribution in [0.1, 0.15) is 28.9 Å². The Morgan fingerprint density at radius 3 is 3.07 bits per heavy atom. The number of hydrogen-bond acceptors (Lipinski definition) is 6. The number of amides is 1. The Hall–Kier alpha value is -2.13. The van der Waals surface area contributed by atoms with Gasteiger partial charge in [-0.2, -0.15) is 0 Å². The molecule has 1 atom stereocenters. The molecule has 0 aliphatic carbocycles. The number of rotatable bonds is 8. The van der Waals surface area contributed by atoms with Crippen LogP contribution in [-0.2, 0) is 4.79 Å². The van der Waals surface area contributed by atoms with Gasteiger partial charge in [0, 0.05) is 36.7 Å². The lowest BCUT2D eigenvalue weighted by molar-refractivity contribution is -0.128. The van der Waals surface area contributed by atoms with Gasteiger partial charge in [0.2, 0.25) is 5.91 Å². The summed E-state index contributed by atoms with van der Waals surface area (Å²) in [6.45, 7) is 2.95. The normalized spacial score (nSPS) is 16.7. The van der Waals surface area contributed by atoms with Crippen molar-refractivity contribution in [3.63, 3.8) is 0 Å². The van der Waals surface area contributed by atoms with E-state index in [-0.39, 0.29) is 23.5 Å². The van der Waals surface area contributed by atoms with Crippen molar-refractivity contribution in [2.75, 3.05) is 24.2 Å². The highest BCUT2D eigenvalue weighted by atomic mass is 32.2. The minimum Gasteiger partial charge on any atom is -0.476 e. The lowest BCUT2D eigenvalue weighted by atomic mass is 10.2. The first-order valence-electron chi connectivity index (χ1n) is 8.55. The molecule has 1 aromatic carbocycles. The summed E-state index contributed by atoms with van der Waals surface area (Å²) >= 11 is 2.72. The van der Waals surface area contributed by atoms with Crippen molar-refractivity contribution >= 4 is 40.7 Å². The van der Waals surface area contributed by atoms with Crippen LogP contribution in [0.3, 0.4) is 0 Å². The smallest absolute Gasteiger partial charge is 0.355 e. The van der Waals surface area contributed by atoms with Crippen LogP contribution >= 0.6 is 23.1 Å². The molecule has 1 amide bonds. The van der Waals surface area contributed by atoms with Crippen LogP contribution in [0.2, 0.25) is 0 Å². The van der Waals surface area contributed by atoms with Gasteiger partial charge in [0.1, 0.15) is 5.82 Å². The summed E-state index contributed by atoms with van der Waals surface area (Å²) in [5, 5.41) is 13.5. The number of carbonyl (C=O) groups excluding carboxylic acids is 1. The molecule has 2 aromatic rings. The molecular formula is C18H20FN3O3S2. The highest BCUT2D eigenvalue weighted by Crippen LogP contribution is 2.25. The molecule has 9 heteroatoms. The summed E-state index contributed by atoms with van der Waals surface area (Å²) in [4.78, 5) is 28.9. The number of nitrogens with zero attached hydrogens (tertiary/aromatic N) is 2. The minimum atomic E-state index is -1.04. The van der Waals surface area contributed by atoms with E-state index in [2.05, 4.69) is 10.3 Å². The largest absolute Gasteiger partial charge is 0.476 e. The second kappa shape index (κ2) is 8.71. The van der Waals surface area contributed by atoms with E-state index in [1.165, 1.54) is 34.5 Å². The number of hydrogen-bond donors (Lipinski definition) is 2. The van der Waals surface area contributed by atoms with Crippen molar-refractivity contribution in [3.8, 4) is 0 Å². The van der Waals surface area contributed by atoms with Crippen LogP contribution in [0.25, 0.3) is 0 Å². The van der Waals surface area contributed by atoms with Crippen LogP contribution in [0.4, 0.5) is 10.1 Å². The fourth-order valence-electron chi connectivity index (χ4n) is 2.97. The fourth-order valence-corrected chi connectivity index (χ4v) is 4.78. The number of halogens is 1. The lowest BCUT2D eigenvalue weighted by Crippen LogP contribution is -2.39. The second-order valence-corrected chi connectivity index (χ2v) is 8.50. The van der Waals surface area contributed by atoms with Gasteiger partial charge in [-0.1, -0.05) is 17.8 Å². The number of aromatic carboxylic acids is 1. The number of thiazole rings is 1. The molecular weight excluding hydrogens is 389 g/mol. The monoisotopic (exact) mass is 409 g/mol. The fraction of sp³-hybridized carbons (Fsp3) is 0.389. The number of carboxylic acids is 1. The van der Waals surface area contributed by atoms with Crippen LogP contribution in [0.5, 0.6) is 0 Å². The van der Waals surface area contributed by atoms with E-state index in [4.69, 9.17) is 5.11 Å². The molecule has 2 heterocycles. The standard InChI is InChI=1S/C18H20FN3O3S2/c1-11-2-4-13(19)14(8-11)20-9-12-3-5-16(23)22(12)6-7-26-18-21-15(10-27-18)17(24)25/h2,4,8,10,12,20H,3,5-7,9H2,1H3,(H,24,25). The number of anilines is 1. The number of carbonyl (C=O) groups is 2. The number of nitrogens with one attached hydrogen (secondary N) is 1. The third-order valence-corrected chi connectivity index (χ3v) is 6.36. The summed E-state index contributed by atoms with van der Waals surface area (Å²) in [5.41, 5.74) is 1.47. The van der Waals surface area contributed by atoms with Crippen molar-refractivity contribution in [1.29, 1.82) is 0 Å². The maximum absolute atomic E-state index is 13.9. The van der Waals surface area contributed by atoms with E-state index < -0.39 is 5.97 Å². The third kappa shape index (κ3) is 4.98. The Morgan fingerprint density at radius 2 is 2.33 bits per heavy atom. The first kappa shape index (κ1) is 19.6. The molecule has 2 N–H and O–H groups in total. The van der Waals surface area contributed by atoms with Gasteiger partial charge >= 0.3 is 5.97 Å². The highest BCUT2D eigenvalue weighted by molar-refractivity contribution is 8.01. The van der Waals surface area contributed by atoms with Crippen LogP contribution in [0, 0.1) is 12.7 Å². The van der Waals surface area contributed by atoms with Gasteiger partial charge in [0.15, 0.2) is 10.0 Å². The molecule has 1 aliphatic rings. The molecule has 0 radical (unpaired) electrons. The van der Waals surface area contributed by atoms with Crippen molar-refractivity contribution in [2.45, 2.75) is 30.1 Å². The quantitative estimate of drug-likeness (QED) is 0.650. The zero-order valence-corrected chi connectivity index (χ0v) is 16.4. The van der Waals surface area contributed by atoms with Crippen LogP contribution in [-0.4, -0.2) is 51.8 Å². The average Bonchev–Trinajstić information content (AvgIpc) is 3.24. The number of likely N-dealkylation sites (tertiary alicyclic amines) is 1. The Kier molecular flexibility index (Phi) is 6.33. The van der Waals surface area contributed by atoms with Gasteiger partial charge in [-0.25, -0.2) is 14.2 Å². The van der Waals surface area contributed by atoms with Gasteiger partial charge in [0.05, 0.1) is 5.69 Å². The first-order chi connectivity index (χ1) is 12.9. The predicted molar refractivity (Wildman–Crippen MR) is 104 cm³/mol. The maximum atomic E-state index is 13.9. The topological polar surface area (TPSA) is 82.5 Å². The summed E-state index contributed by atoms with van der Waals surface area (Å²) in [5.74, 6) is -0.613. The third-order valence-electron chi connectivity index (χ3n) is 4.36. The Bertz CT molecular complexity index is 843. The molecule has 1 fully saturated rings. The summed E-state index contributed by atoms with van der Waals surface area (Å²) < 4.78 is 14.5. The number of aryl methyl sites for hydroxylation is 1.